The summed E-state index contributed by atoms with van der Waals surface area (Å²) in [5.41, 5.74) is 0.442. The highest BCUT2D eigenvalue weighted by Crippen LogP contribution is 2.36. The van der Waals surface area contributed by atoms with Crippen molar-refractivity contribution < 1.29 is 28.7 Å². The summed E-state index contributed by atoms with van der Waals surface area (Å²) in [4.78, 5) is 51.1. The van der Waals surface area contributed by atoms with E-state index in [1.807, 2.05) is 12.2 Å². The first-order valence-electron chi connectivity index (χ1n) is 9.51. The summed E-state index contributed by atoms with van der Waals surface area (Å²) in [5.74, 6) is -2.45. The molecule has 0 unspecified atom stereocenters. The molecule has 2 aliphatic rings. The summed E-state index contributed by atoms with van der Waals surface area (Å²) in [6.07, 6.45) is 3.62. The van der Waals surface area contributed by atoms with Crippen LogP contribution in [0, 0.1) is 11.8 Å². The van der Waals surface area contributed by atoms with Crippen LogP contribution in [0.4, 0.5) is 5.69 Å². The summed E-state index contributed by atoms with van der Waals surface area (Å²) >= 11 is 0. The Morgan fingerprint density at radius 2 is 1.66 bits per heavy atom. The molecular weight excluding hydrogens is 376 g/mol. The second-order valence-corrected chi connectivity index (χ2v) is 7.15. The Morgan fingerprint density at radius 3 is 2.24 bits per heavy atom. The van der Waals surface area contributed by atoms with Crippen molar-refractivity contribution in [1.82, 2.24) is 4.90 Å². The monoisotopic (exact) mass is 400 g/mol. The maximum absolute atomic E-state index is 12.6. The third-order valence-corrected chi connectivity index (χ3v) is 5.30. The first kappa shape index (κ1) is 20.6. The van der Waals surface area contributed by atoms with Gasteiger partial charge in [0.2, 0.25) is 11.8 Å². The predicted octanol–water partition coefficient (Wildman–Crippen LogP) is 1.91. The number of likely N-dealkylation sites (tertiary alicyclic amines) is 1. The lowest BCUT2D eigenvalue weighted by Gasteiger charge is -2.23. The fraction of sp³-hybridized carbons (Fsp3) is 0.429. The molecule has 1 heterocycles. The van der Waals surface area contributed by atoms with Crippen molar-refractivity contribution in [3.05, 3.63) is 36.4 Å². The molecule has 154 valence electrons. The zero-order chi connectivity index (χ0) is 21.1. The Morgan fingerprint density at radius 1 is 1.07 bits per heavy atom. The fourth-order valence-electron chi connectivity index (χ4n) is 3.62. The highest BCUT2D eigenvalue weighted by molar-refractivity contribution is 6.08. The van der Waals surface area contributed by atoms with Gasteiger partial charge in [0.15, 0.2) is 6.10 Å². The van der Waals surface area contributed by atoms with E-state index in [9.17, 15) is 19.2 Å². The molecule has 0 saturated carbocycles. The molecule has 0 spiro atoms. The van der Waals surface area contributed by atoms with Gasteiger partial charge in [0, 0.05) is 0 Å². The summed E-state index contributed by atoms with van der Waals surface area (Å²) in [5, 5.41) is 2.64. The lowest BCUT2D eigenvalue weighted by atomic mass is 9.85. The smallest absolute Gasteiger partial charge is 0.329 e. The maximum atomic E-state index is 12.6. The van der Waals surface area contributed by atoms with E-state index in [-0.39, 0.29) is 11.8 Å². The quantitative estimate of drug-likeness (QED) is 0.445. The molecule has 8 nitrogen and oxygen atoms in total. The van der Waals surface area contributed by atoms with Gasteiger partial charge < -0.3 is 14.8 Å². The first-order valence-corrected chi connectivity index (χ1v) is 9.51. The van der Waals surface area contributed by atoms with Crippen LogP contribution in [0.2, 0.25) is 0 Å². The van der Waals surface area contributed by atoms with Crippen molar-refractivity contribution >= 4 is 29.4 Å². The van der Waals surface area contributed by atoms with Gasteiger partial charge in [0.25, 0.3) is 5.91 Å². The van der Waals surface area contributed by atoms with Gasteiger partial charge in [0.1, 0.15) is 11.8 Å². The SMILES string of the molecule is COc1ccccc1NC(=O)[C@@H](C)OC(=O)[C@H](C)N1C(=O)[C@H]2CC=CC[C@H]2C1=O. The lowest BCUT2D eigenvalue weighted by Crippen LogP contribution is -2.46. The number of methoxy groups -OCH3 is 1. The van der Waals surface area contributed by atoms with Gasteiger partial charge in [-0.3, -0.25) is 19.3 Å². The zero-order valence-electron chi connectivity index (χ0n) is 16.6. The van der Waals surface area contributed by atoms with Crippen molar-refractivity contribution in [2.45, 2.75) is 38.8 Å². The van der Waals surface area contributed by atoms with Gasteiger partial charge >= 0.3 is 5.97 Å². The zero-order valence-corrected chi connectivity index (χ0v) is 16.6. The largest absolute Gasteiger partial charge is 0.495 e. The number of imide groups is 1. The van der Waals surface area contributed by atoms with Gasteiger partial charge in [-0.25, -0.2) is 4.79 Å². The van der Waals surface area contributed by atoms with E-state index in [0.717, 1.165) is 4.90 Å². The summed E-state index contributed by atoms with van der Waals surface area (Å²) in [7, 11) is 1.48. The normalized spacial score (nSPS) is 22.7. The van der Waals surface area contributed by atoms with E-state index in [1.54, 1.807) is 24.3 Å². The Labute approximate surface area is 168 Å². The molecule has 1 aromatic rings. The Bertz CT molecular complexity index is 838. The molecule has 29 heavy (non-hydrogen) atoms. The Balaban J connectivity index is 1.62. The molecule has 0 aromatic heterocycles. The van der Waals surface area contributed by atoms with Gasteiger partial charge in [-0.15, -0.1) is 0 Å². The number of hydrogen-bond donors (Lipinski definition) is 1. The summed E-state index contributed by atoms with van der Waals surface area (Å²) in [6.45, 7) is 2.86. The van der Waals surface area contributed by atoms with E-state index in [0.29, 0.717) is 24.3 Å². The maximum Gasteiger partial charge on any atom is 0.329 e. The van der Waals surface area contributed by atoms with Gasteiger partial charge in [0.05, 0.1) is 24.6 Å². The minimum Gasteiger partial charge on any atom is -0.495 e. The van der Waals surface area contributed by atoms with Crippen molar-refractivity contribution in [2.75, 3.05) is 12.4 Å². The number of carbonyl (C=O) groups is 4. The molecular formula is C21H24N2O6. The van der Waals surface area contributed by atoms with Crippen LogP contribution < -0.4 is 10.1 Å². The van der Waals surface area contributed by atoms with Crippen LogP contribution in [0.1, 0.15) is 26.7 Å². The number of fused-ring (bicyclic) bond motifs is 1. The van der Waals surface area contributed by atoms with Crippen LogP contribution in [0.3, 0.4) is 0 Å². The van der Waals surface area contributed by atoms with E-state index < -0.39 is 35.9 Å². The van der Waals surface area contributed by atoms with E-state index >= 15 is 0 Å². The number of rotatable bonds is 6. The van der Waals surface area contributed by atoms with E-state index in [2.05, 4.69) is 5.32 Å². The number of para-hydroxylation sites is 2. The van der Waals surface area contributed by atoms with Crippen LogP contribution in [0.25, 0.3) is 0 Å². The van der Waals surface area contributed by atoms with Crippen LogP contribution in [0.5, 0.6) is 5.75 Å². The second-order valence-electron chi connectivity index (χ2n) is 7.15. The molecule has 1 aliphatic carbocycles. The molecule has 1 saturated heterocycles. The minimum absolute atomic E-state index is 0.361. The van der Waals surface area contributed by atoms with E-state index in [1.165, 1.54) is 21.0 Å². The van der Waals surface area contributed by atoms with Crippen molar-refractivity contribution in [1.29, 1.82) is 0 Å². The van der Waals surface area contributed by atoms with Crippen molar-refractivity contribution in [3.8, 4) is 5.75 Å². The number of hydrogen-bond acceptors (Lipinski definition) is 6. The molecule has 4 atom stereocenters. The number of esters is 1. The lowest BCUT2D eigenvalue weighted by molar-refractivity contribution is -0.163. The van der Waals surface area contributed by atoms with Gasteiger partial charge in [-0.2, -0.15) is 0 Å². The highest BCUT2D eigenvalue weighted by Gasteiger charge is 2.50. The van der Waals surface area contributed by atoms with Crippen molar-refractivity contribution in [3.63, 3.8) is 0 Å². The van der Waals surface area contributed by atoms with Crippen LogP contribution in [-0.2, 0) is 23.9 Å². The molecule has 1 aliphatic heterocycles. The highest BCUT2D eigenvalue weighted by atomic mass is 16.5. The number of ether oxygens (including phenoxy) is 2. The average Bonchev–Trinajstić information content (AvgIpc) is 2.98. The number of allylic oxidation sites excluding steroid dienone is 2. The molecule has 0 bridgehead atoms. The Hall–Kier alpha value is -3.16. The predicted molar refractivity (Wildman–Crippen MR) is 104 cm³/mol. The van der Waals surface area contributed by atoms with E-state index in [4.69, 9.17) is 9.47 Å². The molecule has 3 rings (SSSR count). The third kappa shape index (κ3) is 4.01. The second kappa shape index (κ2) is 8.46. The molecule has 8 heteroatoms. The fourth-order valence-corrected chi connectivity index (χ4v) is 3.62. The van der Waals surface area contributed by atoms with Gasteiger partial charge in [-0.1, -0.05) is 24.3 Å². The topological polar surface area (TPSA) is 102 Å². The number of nitrogens with zero attached hydrogens (tertiary/aromatic N) is 1. The number of carbonyl (C=O) groups excluding carboxylic acids is 4. The number of anilines is 1. The molecule has 1 N–H and O–H groups in total. The standard InChI is InChI=1S/C21H24N2O6/c1-12(23-19(25)14-8-4-5-9-15(14)20(23)26)21(27)29-13(2)18(24)22-16-10-6-7-11-17(16)28-3/h4-7,10-15H,8-9H2,1-3H3,(H,22,24)/t12-,13+,14-,15+/m0/s1. The van der Waals surface area contributed by atoms with Crippen LogP contribution >= 0.6 is 0 Å². The molecule has 3 amide bonds. The van der Waals surface area contributed by atoms with Gasteiger partial charge in [-0.05, 0) is 38.8 Å². The summed E-state index contributed by atoms with van der Waals surface area (Å²) in [6, 6.07) is 5.74. The summed E-state index contributed by atoms with van der Waals surface area (Å²) < 4.78 is 10.4. The third-order valence-electron chi connectivity index (χ3n) is 5.30. The Kier molecular flexibility index (Phi) is 6.00. The van der Waals surface area contributed by atoms with Crippen molar-refractivity contribution in [2.24, 2.45) is 11.8 Å². The van der Waals surface area contributed by atoms with Crippen LogP contribution in [-0.4, -0.2) is 47.8 Å². The first-order chi connectivity index (χ1) is 13.8. The minimum atomic E-state index is -1.12. The molecule has 0 radical (unpaired) electrons. The number of amides is 3. The van der Waals surface area contributed by atoms with Crippen LogP contribution in [0.15, 0.2) is 36.4 Å². The molecule has 1 fully saturated rings. The number of nitrogens with one attached hydrogen (secondary N) is 1. The molecule has 1 aromatic carbocycles. The number of benzene rings is 1. The average molecular weight is 400 g/mol.